The van der Waals surface area contributed by atoms with Crippen LogP contribution in [-0.2, 0) is 0 Å². The molecule has 0 aliphatic carbocycles. The van der Waals surface area contributed by atoms with Crippen molar-refractivity contribution in [2.75, 3.05) is 27.2 Å². The quantitative estimate of drug-likeness (QED) is 0.332. The molecule has 1 atom stereocenters. The highest BCUT2D eigenvalue weighted by Crippen LogP contribution is 2.24. The highest BCUT2D eigenvalue weighted by atomic mass is 16.5. The monoisotopic (exact) mass is 480 g/mol. The summed E-state index contributed by atoms with van der Waals surface area (Å²) in [5.41, 5.74) is 3.47. The molecule has 0 spiro atoms. The molecule has 182 valence electrons. The third-order valence-electron chi connectivity index (χ3n) is 5.75. The Labute approximate surface area is 210 Å². The second-order valence-electron chi connectivity index (χ2n) is 8.74. The first-order valence-corrected chi connectivity index (χ1v) is 11.7. The lowest BCUT2D eigenvalue weighted by atomic mass is 10.0. The van der Waals surface area contributed by atoms with E-state index in [-0.39, 0.29) is 11.6 Å². The first-order valence-electron chi connectivity index (χ1n) is 11.7. The molecule has 0 unspecified atom stereocenters. The molecular weight excluding hydrogens is 452 g/mol. The van der Waals surface area contributed by atoms with Crippen LogP contribution in [0.3, 0.4) is 0 Å². The van der Waals surface area contributed by atoms with Crippen LogP contribution >= 0.6 is 0 Å². The lowest BCUT2D eigenvalue weighted by Crippen LogP contribution is -2.26. The van der Waals surface area contributed by atoms with E-state index in [0.717, 1.165) is 29.7 Å². The molecule has 8 nitrogen and oxygen atoms in total. The van der Waals surface area contributed by atoms with Crippen molar-refractivity contribution in [2.24, 2.45) is 0 Å². The topological polar surface area (TPSA) is 96.9 Å². The van der Waals surface area contributed by atoms with Gasteiger partial charge in [0.25, 0.3) is 5.56 Å². The molecule has 2 aromatic carbocycles. The van der Waals surface area contributed by atoms with Gasteiger partial charge < -0.3 is 9.64 Å². The summed E-state index contributed by atoms with van der Waals surface area (Å²) in [5, 5.41) is 13.8. The molecule has 0 fully saturated rings. The van der Waals surface area contributed by atoms with E-state index in [0.29, 0.717) is 29.4 Å². The smallest absolute Gasteiger partial charge is 0.267 e. The number of nitrogens with zero attached hydrogens (tertiary/aromatic N) is 6. The van der Waals surface area contributed by atoms with E-state index in [2.05, 4.69) is 26.0 Å². The van der Waals surface area contributed by atoms with Crippen LogP contribution in [-0.4, -0.2) is 51.9 Å². The Hall–Kier alpha value is -4.35. The third kappa shape index (κ3) is 6.01. The number of rotatable bonds is 9. The Morgan fingerprint density at radius 1 is 1.03 bits per heavy atom. The number of ether oxygens (including phenoxy) is 1. The fraction of sp³-hybridized carbons (Fsp3) is 0.250. The zero-order chi connectivity index (χ0) is 25.5. The Kier molecular flexibility index (Phi) is 7.83. The molecule has 4 rings (SSSR count). The number of aromatic nitrogens is 4. The predicted octanol–water partition coefficient (Wildman–Crippen LogP) is 4.18. The second-order valence-corrected chi connectivity index (χ2v) is 8.74. The standard InChI is InChI=1S/C28H28N6O2/c1-20(34-27(35)12-11-26(32-34)23-9-4-7-21(15-23)17-29)22-8-5-10-24(16-22)28-30-18-25(19-31-28)36-14-6-13-33(2)3/h4-5,7-12,15-16,18-20H,6,13-14H2,1-3H3/t20-/m1/s1. The summed E-state index contributed by atoms with van der Waals surface area (Å²) < 4.78 is 7.18. The van der Waals surface area contributed by atoms with Gasteiger partial charge in [-0.3, -0.25) is 4.79 Å². The minimum Gasteiger partial charge on any atom is -0.490 e. The van der Waals surface area contributed by atoms with Crippen LogP contribution in [0.25, 0.3) is 22.6 Å². The van der Waals surface area contributed by atoms with Gasteiger partial charge in [0.1, 0.15) is 0 Å². The summed E-state index contributed by atoms with van der Waals surface area (Å²) in [6.07, 6.45) is 4.28. The Morgan fingerprint density at radius 2 is 1.78 bits per heavy atom. The summed E-state index contributed by atoms with van der Waals surface area (Å²) in [4.78, 5) is 23.7. The normalized spacial score (nSPS) is 11.8. The summed E-state index contributed by atoms with van der Waals surface area (Å²) in [7, 11) is 4.06. The molecule has 4 aromatic rings. The Morgan fingerprint density at radius 3 is 2.53 bits per heavy atom. The van der Waals surface area contributed by atoms with Gasteiger partial charge in [-0.25, -0.2) is 14.6 Å². The largest absolute Gasteiger partial charge is 0.490 e. The maximum atomic E-state index is 12.7. The maximum Gasteiger partial charge on any atom is 0.267 e. The first kappa shape index (κ1) is 24.8. The maximum absolute atomic E-state index is 12.7. The van der Waals surface area contributed by atoms with Crippen LogP contribution in [0.4, 0.5) is 0 Å². The van der Waals surface area contributed by atoms with Crippen molar-refractivity contribution < 1.29 is 4.74 Å². The van der Waals surface area contributed by atoms with E-state index >= 15 is 0 Å². The summed E-state index contributed by atoms with van der Waals surface area (Å²) in [5.74, 6) is 1.21. The van der Waals surface area contributed by atoms with E-state index in [9.17, 15) is 10.1 Å². The van der Waals surface area contributed by atoms with E-state index in [1.54, 1.807) is 36.7 Å². The van der Waals surface area contributed by atoms with Gasteiger partial charge in [0, 0.05) is 23.7 Å². The Balaban J connectivity index is 1.54. The van der Waals surface area contributed by atoms with Gasteiger partial charge in [0.05, 0.1) is 42.4 Å². The number of benzene rings is 2. The predicted molar refractivity (Wildman–Crippen MR) is 139 cm³/mol. The molecule has 0 aliphatic rings. The van der Waals surface area contributed by atoms with E-state index in [4.69, 9.17) is 4.74 Å². The van der Waals surface area contributed by atoms with Crippen LogP contribution in [0.2, 0.25) is 0 Å². The molecule has 36 heavy (non-hydrogen) atoms. The molecule has 0 saturated heterocycles. The minimum atomic E-state index is -0.323. The van der Waals surface area contributed by atoms with Crippen molar-refractivity contribution in [2.45, 2.75) is 19.4 Å². The average molecular weight is 481 g/mol. The molecule has 0 saturated carbocycles. The van der Waals surface area contributed by atoms with Crippen molar-refractivity contribution in [3.05, 3.63) is 94.5 Å². The van der Waals surface area contributed by atoms with Crippen molar-refractivity contribution >= 4 is 0 Å². The first-order chi connectivity index (χ1) is 17.4. The van der Waals surface area contributed by atoms with Crippen LogP contribution in [0.1, 0.15) is 30.5 Å². The molecule has 2 heterocycles. The number of nitriles is 1. The molecule has 8 heteroatoms. The van der Waals surface area contributed by atoms with Crippen molar-refractivity contribution in [1.82, 2.24) is 24.6 Å². The zero-order valence-electron chi connectivity index (χ0n) is 20.6. The molecular formula is C28H28N6O2. The third-order valence-corrected chi connectivity index (χ3v) is 5.75. The van der Waals surface area contributed by atoms with Gasteiger partial charge >= 0.3 is 0 Å². The zero-order valence-corrected chi connectivity index (χ0v) is 20.6. The van der Waals surface area contributed by atoms with Crippen LogP contribution < -0.4 is 10.3 Å². The van der Waals surface area contributed by atoms with E-state index in [1.807, 2.05) is 51.4 Å². The highest BCUT2D eigenvalue weighted by Gasteiger charge is 2.14. The van der Waals surface area contributed by atoms with Gasteiger partial charge in [0.15, 0.2) is 11.6 Å². The molecule has 0 N–H and O–H groups in total. The van der Waals surface area contributed by atoms with Gasteiger partial charge in [0.2, 0.25) is 0 Å². The average Bonchev–Trinajstić information content (AvgIpc) is 2.91. The van der Waals surface area contributed by atoms with Crippen LogP contribution in [0, 0.1) is 11.3 Å². The SMILES string of the molecule is C[C@H](c1cccc(-c2ncc(OCCCN(C)C)cn2)c1)n1nc(-c2cccc(C#N)c2)ccc1=O. The highest BCUT2D eigenvalue weighted by molar-refractivity contribution is 5.61. The van der Waals surface area contributed by atoms with Gasteiger partial charge in [-0.2, -0.15) is 10.4 Å². The molecule has 0 radical (unpaired) electrons. The van der Waals surface area contributed by atoms with E-state index < -0.39 is 0 Å². The lowest BCUT2D eigenvalue weighted by molar-refractivity contribution is 0.280. The molecule has 0 aliphatic heterocycles. The summed E-state index contributed by atoms with van der Waals surface area (Å²) >= 11 is 0. The fourth-order valence-electron chi connectivity index (χ4n) is 3.79. The van der Waals surface area contributed by atoms with Crippen LogP contribution in [0.5, 0.6) is 5.75 Å². The van der Waals surface area contributed by atoms with Gasteiger partial charge in [-0.1, -0.05) is 30.3 Å². The molecule has 0 bridgehead atoms. The number of hydrogen-bond acceptors (Lipinski definition) is 7. The molecule has 2 aromatic heterocycles. The van der Waals surface area contributed by atoms with Crippen molar-refractivity contribution in [3.63, 3.8) is 0 Å². The summed E-state index contributed by atoms with van der Waals surface area (Å²) in [6.45, 7) is 3.49. The van der Waals surface area contributed by atoms with Crippen molar-refractivity contribution in [3.8, 4) is 34.5 Å². The number of hydrogen-bond donors (Lipinski definition) is 0. The van der Waals surface area contributed by atoms with Crippen LogP contribution in [0.15, 0.2) is 77.9 Å². The minimum absolute atomic E-state index is 0.208. The van der Waals surface area contributed by atoms with E-state index in [1.165, 1.54) is 10.7 Å². The van der Waals surface area contributed by atoms with Gasteiger partial charge in [-0.15, -0.1) is 0 Å². The lowest BCUT2D eigenvalue weighted by Gasteiger charge is -2.16. The van der Waals surface area contributed by atoms with Gasteiger partial charge in [-0.05, 0) is 57.3 Å². The Bertz CT molecular complexity index is 1420. The second kappa shape index (κ2) is 11.4. The summed E-state index contributed by atoms with van der Waals surface area (Å²) in [6, 6.07) is 19.9. The molecule has 0 amide bonds. The van der Waals surface area contributed by atoms with Crippen molar-refractivity contribution in [1.29, 1.82) is 5.26 Å². The fourth-order valence-corrected chi connectivity index (χ4v) is 3.79.